The van der Waals surface area contributed by atoms with Crippen molar-refractivity contribution in [1.29, 1.82) is 0 Å². The fourth-order valence-electron chi connectivity index (χ4n) is 3.25. The van der Waals surface area contributed by atoms with Gasteiger partial charge in [-0.15, -0.1) is 0 Å². The number of benzene rings is 3. The molecular weight excluding hydrogens is 414 g/mol. The Morgan fingerprint density at radius 2 is 1.74 bits per heavy atom. The average molecular weight is 433 g/mol. The number of imide groups is 1. The van der Waals surface area contributed by atoms with E-state index in [1.807, 2.05) is 66.7 Å². The lowest BCUT2D eigenvalue weighted by molar-refractivity contribution is -0.143. The number of ether oxygens (including phenoxy) is 2. The smallest absolute Gasteiger partial charge is 0.325 e. The first-order valence-corrected chi connectivity index (χ1v) is 10.4. The summed E-state index contributed by atoms with van der Waals surface area (Å²) in [5.41, 5.74) is 1.72. The highest BCUT2D eigenvalue weighted by atomic mass is 32.2. The molecule has 0 atom stereocenters. The van der Waals surface area contributed by atoms with E-state index < -0.39 is 23.7 Å². The number of fused-ring (bicyclic) bond motifs is 1. The molecule has 156 valence electrons. The Balaban J connectivity index is 1.71. The highest BCUT2D eigenvalue weighted by Gasteiger charge is 2.36. The van der Waals surface area contributed by atoms with Gasteiger partial charge in [-0.2, -0.15) is 0 Å². The molecule has 4 rings (SSSR count). The minimum atomic E-state index is -0.652. The minimum Gasteiger partial charge on any atom is -0.488 e. The van der Waals surface area contributed by atoms with Gasteiger partial charge in [0, 0.05) is 5.56 Å². The van der Waals surface area contributed by atoms with Crippen molar-refractivity contribution in [1.82, 2.24) is 4.90 Å². The number of nitrogens with zero attached hydrogens (tertiary/aromatic N) is 1. The number of hydrogen-bond donors (Lipinski definition) is 0. The molecule has 1 fully saturated rings. The van der Waals surface area contributed by atoms with Crippen LogP contribution in [-0.4, -0.2) is 35.7 Å². The molecular formula is C24H19NO5S. The molecule has 1 heterocycles. The van der Waals surface area contributed by atoms with Gasteiger partial charge in [0.15, 0.2) is 0 Å². The van der Waals surface area contributed by atoms with Crippen molar-refractivity contribution < 1.29 is 23.9 Å². The standard InChI is InChI=1S/C24H19NO5S/c1-29-22(26)14-25-23(27)21(31-24(25)28)13-19-18-10-6-5-9-17(18)11-12-20(19)30-15-16-7-3-2-4-8-16/h2-13H,14-15H2,1H3/b21-13-. The number of amides is 2. The average Bonchev–Trinajstić information content (AvgIpc) is 3.06. The molecule has 3 aromatic rings. The van der Waals surface area contributed by atoms with Crippen LogP contribution in [0.5, 0.6) is 5.75 Å². The first-order chi connectivity index (χ1) is 15.1. The van der Waals surface area contributed by atoms with Gasteiger partial charge in [0.25, 0.3) is 11.1 Å². The molecule has 7 heteroatoms. The van der Waals surface area contributed by atoms with E-state index in [2.05, 4.69) is 4.74 Å². The van der Waals surface area contributed by atoms with Gasteiger partial charge < -0.3 is 9.47 Å². The third-order valence-electron chi connectivity index (χ3n) is 4.83. The SMILES string of the molecule is COC(=O)CN1C(=O)S/C(=C\c2c(OCc3ccccc3)ccc3ccccc23)C1=O. The van der Waals surface area contributed by atoms with Crippen molar-refractivity contribution in [2.45, 2.75) is 6.61 Å². The first kappa shape index (κ1) is 20.7. The van der Waals surface area contributed by atoms with Crippen LogP contribution in [-0.2, 0) is 20.9 Å². The van der Waals surface area contributed by atoms with E-state index in [9.17, 15) is 14.4 Å². The molecule has 0 radical (unpaired) electrons. The van der Waals surface area contributed by atoms with Crippen LogP contribution in [0.2, 0.25) is 0 Å². The Hall–Kier alpha value is -3.58. The molecule has 0 N–H and O–H groups in total. The molecule has 31 heavy (non-hydrogen) atoms. The first-order valence-electron chi connectivity index (χ1n) is 9.57. The lowest BCUT2D eigenvalue weighted by atomic mass is 10.0. The molecule has 1 saturated heterocycles. The van der Waals surface area contributed by atoms with E-state index in [0.717, 1.165) is 33.0 Å². The Labute approximate surface area is 183 Å². The third kappa shape index (κ3) is 4.46. The van der Waals surface area contributed by atoms with Crippen LogP contribution in [0.4, 0.5) is 4.79 Å². The van der Waals surface area contributed by atoms with Crippen molar-refractivity contribution in [3.8, 4) is 5.75 Å². The van der Waals surface area contributed by atoms with Crippen LogP contribution in [0, 0.1) is 0 Å². The van der Waals surface area contributed by atoms with Gasteiger partial charge in [0.1, 0.15) is 18.9 Å². The molecule has 0 spiro atoms. The van der Waals surface area contributed by atoms with Gasteiger partial charge in [-0.1, -0.05) is 60.7 Å². The number of carbonyl (C=O) groups is 3. The van der Waals surface area contributed by atoms with Crippen molar-refractivity contribution in [2.75, 3.05) is 13.7 Å². The van der Waals surface area contributed by atoms with E-state index in [4.69, 9.17) is 4.74 Å². The molecule has 0 saturated carbocycles. The quantitative estimate of drug-likeness (QED) is 0.417. The summed E-state index contributed by atoms with van der Waals surface area (Å²) in [7, 11) is 1.21. The second kappa shape index (κ2) is 9.06. The fourth-order valence-corrected chi connectivity index (χ4v) is 4.07. The second-order valence-corrected chi connectivity index (χ2v) is 7.81. The molecule has 0 unspecified atom stereocenters. The maximum absolute atomic E-state index is 12.8. The molecule has 1 aliphatic heterocycles. The van der Waals surface area contributed by atoms with E-state index in [1.165, 1.54) is 7.11 Å². The predicted octanol–water partition coefficient (Wildman–Crippen LogP) is 4.63. The minimum absolute atomic E-state index is 0.231. The summed E-state index contributed by atoms with van der Waals surface area (Å²) in [6.45, 7) is -0.0464. The zero-order valence-corrected chi connectivity index (χ0v) is 17.6. The second-order valence-electron chi connectivity index (χ2n) is 6.82. The lowest BCUT2D eigenvalue weighted by Gasteiger charge is -2.13. The highest BCUT2D eigenvalue weighted by molar-refractivity contribution is 8.18. The van der Waals surface area contributed by atoms with Crippen LogP contribution in [0.3, 0.4) is 0 Å². The number of carbonyl (C=O) groups excluding carboxylic acids is 3. The monoisotopic (exact) mass is 433 g/mol. The van der Waals surface area contributed by atoms with Crippen LogP contribution < -0.4 is 4.74 Å². The van der Waals surface area contributed by atoms with Crippen molar-refractivity contribution in [3.05, 3.63) is 82.8 Å². The van der Waals surface area contributed by atoms with E-state index in [-0.39, 0.29) is 4.91 Å². The summed E-state index contributed by atoms with van der Waals surface area (Å²) in [5.74, 6) is -0.578. The van der Waals surface area contributed by atoms with Crippen LogP contribution in [0.15, 0.2) is 71.6 Å². The van der Waals surface area contributed by atoms with Crippen molar-refractivity contribution in [3.63, 3.8) is 0 Å². The Bertz CT molecular complexity index is 1190. The Morgan fingerprint density at radius 3 is 2.52 bits per heavy atom. The van der Waals surface area contributed by atoms with Gasteiger partial charge in [-0.05, 0) is 40.2 Å². The summed E-state index contributed by atoms with van der Waals surface area (Å²) in [5, 5.41) is 1.37. The molecule has 3 aromatic carbocycles. The zero-order valence-electron chi connectivity index (χ0n) is 16.7. The molecule has 1 aliphatic rings. The van der Waals surface area contributed by atoms with Gasteiger partial charge in [-0.25, -0.2) is 0 Å². The number of esters is 1. The topological polar surface area (TPSA) is 72.9 Å². The van der Waals surface area contributed by atoms with E-state index in [0.29, 0.717) is 17.9 Å². The Kier molecular flexibility index (Phi) is 6.04. The summed E-state index contributed by atoms with van der Waals surface area (Å²) in [4.78, 5) is 37.7. The van der Waals surface area contributed by atoms with E-state index in [1.54, 1.807) is 6.08 Å². The van der Waals surface area contributed by atoms with Gasteiger partial charge in [0.05, 0.1) is 12.0 Å². The maximum atomic E-state index is 12.8. The molecule has 0 aromatic heterocycles. The number of hydrogen-bond acceptors (Lipinski definition) is 6. The highest BCUT2D eigenvalue weighted by Crippen LogP contribution is 2.37. The van der Waals surface area contributed by atoms with Crippen LogP contribution >= 0.6 is 11.8 Å². The maximum Gasteiger partial charge on any atom is 0.325 e. The summed E-state index contributed by atoms with van der Waals surface area (Å²) < 4.78 is 10.7. The Morgan fingerprint density at radius 1 is 1.00 bits per heavy atom. The molecule has 0 bridgehead atoms. The van der Waals surface area contributed by atoms with Gasteiger partial charge in [0.2, 0.25) is 0 Å². The van der Waals surface area contributed by atoms with E-state index >= 15 is 0 Å². The zero-order chi connectivity index (χ0) is 21.8. The van der Waals surface area contributed by atoms with Gasteiger partial charge in [-0.3, -0.25) is 19.3 Å². The summed E-state index contributed by atoms with van der Waals surface area (Å²) in [6, 6.07) is 21.3. The predicted molar refractivity (Wildman–Crippen MR) is 119 cm³/mol. The summed E-state index contributed by atoms with van der Waals surface area (Å²) >= 11 is 0.796. The lowest BCUT2D eigenvalue weighted by Crippen LogP contribution is -2.34. The van der Waals surface area contributed by atoms with Crippen molar-refractivity contribution >= 4 is 45.7 Å². The fraction of sp³-hybridized carbons (Fsp3) is 0.125. The number of methoxy groups -OCH3 is 1. The number of thioether (sulfide) groups is 1. The molecule has 0 aliphatic carbocycles. The third-order valence-corrected chi connectivity index (χ3v) is 5.74. The molecule has 6 nitrogen and oxygen atoms in total. The normalized spacial score (nSPS) is 15.0. The van der Waals surface area contributed by atoms with Gasteiger partial charge >= 0.3 is 5.97 Å². The molecule has 2 amide bonds. The van der Waals surface area contributed by atoms with Crippen LogP contribution in [0.1, 0.15) is 11.1 Å². The van der Waals surface area contributed by atoms with Crippen LogP contribution in [0.25, 0.3) is 16.8 Å². The summed E-state index contributed by atoms with van der Waals surface area (Å²) in [6.07, 6.45) is 1.66. The number of rotatable bonds is 6. The largest absolute Gasteiger partial charge is 0.488 e. The van der Waals surface area contributed by atoms with Crippen molar-refractivity contribution in [2.24, 2.45) is 0 Å².